The van der Waals surface area contributed by atoms with Crippen molar-refractivity contribution in [2.24, 2.45) is 10.5 Å². The molecule has 0 aromatic heterocycles. The van der Waals surface area contributed by atoms with Crippen molar-refractivity contribution >= 4 is 12.0 Å². The Labute approximate surface area is 115 Å². The molecule has 3 heteroatoms. The summed E-state index contributed by atoms with van der Waals surface area (Å²) in [6.07, 6.45) is 4.18. The third-order valence-electron chi connectivity index (χ3n) is 3.64. The molecule has 1 aromatic carbocycles. The number of ketones is 1. The molecule has 1 aliphatic carbocycles. The molecule has 1 fully saturated rings. The van der Waals surface area contributed by atoms with E-state index in [1.54, 1.807) is 0 Å². The highest BCUT2D eigenvalue weighted by Gasteiger charge is 2.34. The van der Waals surface area contributed by atoms with Crippen molar-refractivity contribution in [2.45, 2.75) is 39.2 Å². The van der Waals surface area contributed by atoms with Gasteiger partial charge < -0.3 is 0 Å². The number of carbonyl (C=O) groups excluding carboxylic acids is 1. The van der Waals surface area contributed by atoms with Gasteiger partial charge in [-0.1, -0.05) is 44.2 Å². The van der Waals surface area contributed by atoms with Crippen molar-refractivity contribution in [3.8, 4) is 0 Å². The molecule has 0 unspecified atom stereocenters. The van der Waals surface area contributed by atoms with E-state index in [0.717, 1.165) is 12.0 Å². The number of Topliss-reactive ketones (excluding diaryl/α,β-unsaturated/α-hetero) is 1. The van der Waals surface area contributed by atoms with Crippen LogP contribution in [0.25, 0.3) is 0 Å². The number of benzene rings is 1. The Balaban J connectivity index is 2.01. The molecule has 1 atom stereocenters. The quantitative estimate of drug-likeness (QED) is 0.616. The second-order valence-electron chi connectivity index (χ2n) is 6.17. The highest BCUT2D eigenvalue weighted by atomic mass is 16.1. The van der Waals surface area contributed by atoms with Gasteiger partial charge in [-0.15, -0.1) is 0 Å². The Kier molecular flexibility index (Phi) is 4.03. The molecule has 0 saturated heterocycles. The maximum atomic E-state index is 11.8. The predicted molar refractivity (Wildman–Crippen MR) is 78.2 cm³/mol. The standard InChI is InChI=1S/C16H22N2O/c1-16(2)10-14(9-15(19)11-16)18(3)17-12-13-7-5-4-6-8-13/h4-8,12,14H,9-11H2,1-3H3/b17-12+/t14-/m1/s1. The Morgan fingerprint density at radius 1 is 1.32 bits per heavy atom. The van der Waals surface area contributed by atoms with Crippen LogP contribution in [-0.4, -0.2) is 30.1 Å². The van der Waals surface area contributed by atoms with Crippen LogP contribution in [0.5, 0.6) is 0 Å². The largest absolute Gasteiger partial charge is 0.300 e. The average Bonchev–Trinajstić information content (AvgIpc) is 2.34. The number of hydrogen-bond donors (Lipinski definition) is 0. The molecule has 19 heavy (non-hydrogen) atoms. The first kappa shape index (κ1) is 13.8. The third-order valence-corrected chi connectivity index (χ3v) is 3.64. The van der Waals surface area contributed by atoms with Gasteiger partial charge in [0.25, 0.3) is 0 Å². The maximum absolute atomic E-state index is 11.8. The summed E-state index contributed by atoms with van der Waals surface area (Å²) in [5, 5.41) is 6.41. The van der Waals surface area contributed by atoms with E-state index in [2.05, 4.69) is 18.9 Å². The fourth-order valence-electron chi connectivity index (χ4n) is 2.71. The van der Waals surface area contributed by atoms with Gasteiger partial charge >= 0.3 is 0 Å². The van der Waals surface area contributed by atoms with Crippen LogP contribution in [0, 0.1) is 5.41 Å². The van der Waals surface area contributed by atoms with Gasteiger partial charge in [-0.2, -0.15) is 5.10 Å². The number of hydrazone groups is 1. The lowest BCUT2D eigenvalue weighted by molar-refractivity contribution is -0.125. The fourth-order valence-corrected chi connectivity index (χ4v) is 2.71. The van der Waals surface area contributed by atoms with Gasteiger partial charge in [0.1, 0.15) is 5.78 Å². The average molecular weight is 258 g/mol. The summed E-state index contributed by atoms with van der Waals surface area (Å²) >= 11 is 0. The SMILES string of the molecule is CN(/N=C/c1ccccc1)[C@@H]1CC(=O)CC(C)(C)C1. The Morgan fingerprint density at radius 2 is 2.00 bits per heavy atom. The second kappa shape index (κ2) is 5.55. The highest BCUT2D eigenvalue weighted by molar-refractivity contribution is 5.81. The van der Waals surface area contributed by atoms with E-state index in [0.29, 0.717) is 18.6 Å². The molecule has 0 N–H and O–H groups in total. The molecular weight excluding hydrogens is 236 g/mol. The summed E-state index contributed by atoms with van der Waals surface area (Å²) in [5.74, 6) is 0.350. The van der Waals surface area contributed by atoms with E-state index in [1.165, 1.54) is 0 Å². The third kappa shape index (κ3) is 3.91. The van der Waals surface area contributed by atoms with Crippen molar-refractivity contribution in [1.29, 1.82) is 0 Å². The van der Waals surface area contributed by atoms with Gasteiger partial charge in [-0.3, -0.25) is 9.80 Å². The molecule has 1 saturated carbocycles. The zero-order chi connectivity index (χ0) is 13.9. The van der Waals surface area contributed by atoms with E-state index in [-0.39, 0.29) is 11.5 Å². The Hall–Kier alpha value is -1.64. The number of carbonyl (C=O) groups is 1. The van der Waals surface area contributed by atoms with Crippen molar-refractivity contribution in [3.05, 3.63) is 35.9 Å². The van der Waals surface area contributed by atoms with Crippen molar-refractivity contribution in [3.63, 3.8) is 0 Å². The minimum atomic E-state index is 0.0938. The van der Waals surface area contributed by atoms with Crippen LogP contribution in [0.4, 0.5) is 0 Å². The van der Waals surface area contributed by atoms with Crippen LogP contribution in [0.2, 0.25) is 0 Å². The van der Waals surface area contributed by atoms with E-state index < -0.39 is 0 Å². The summed E-state index contributed by atoms with van der Waals surface area (Å²) in [5.41, 5.74) is 1.17. The molecule has 0 amide bonds. The van der Waals surface area contributed by atoms with Crippen LogP contribution in [0.15, 0.2) is 35.4 Å². The van der Waals surface area contributed by atoms with Gasteiger partial charge in [0.15, 0.2) is 0 Å². The summed E-state index contributed by atoms with van der Waals surface area (Å²) in [6.45, 7) is 4.32. The van der Waals surface area contributed by atoms with Crippen molar-refractivity contribution in [2.75, 3.05) is 7.05 Å². The summed E-state index contributed by atoms with van der Waals surface area (Å²) in [7, 11) is 1.96. The lowest BCUT2D eigenvalue weighted by Gasteiger charge is -2.37. The van der Waals surface area contributed by atoms with Crippen LogP contribution in [0.1, 0.15) is 38.7 Å². The van der Waals surface area contributed by atoms with E-state index in [1.807, 2.05) is 48.6 Å². The molecule has 0 spiro atoms. The maximum Gasteiger partial charge on any atom is 0.135 e. The summed E-state index contributed by atoms with van der Waals surface area (Å²) in [4.78, 5) is 11.8. The second-order valence-corrected chi connectivity index (χ2v) is 6.17. The van der Waals surface area contributed by atoms with Gasteiger partial charge in [-0.25, -0.2) is 0 Å². The van der Waals surface area contributed by atoms with Crippen LogP contribution in [0.3, 0.4) is 0 Å². The molecule has 1 aliphatic rings. The molecule has 0 bridgehead atoms. The van der Waals surface area contributed by atoms with Crippen LogP contribution < -0.4 is 0 Å². The van der Waals surface area contributed by atoms with Crippen molar-refractivity contribution in [1.82, 2.24) is 5.01 Å². The zero-order valence-corrected chi connectivity index (χ0v) is 12.0. The normalized spacial score (nSPS) is 22.7. The van der Waals surface area contributed by atoms with E-state index in [4.69, 9.17) is 0 Å². The van der Waals surface area contributed by atoms with Gasteiger partial charge in [-0.05, 0) is 17.4 Å². The smallest absolute Gasteiger partial charge is 0.135 e. The van der Waals surface area contributed by atoms with Gasteiger partial charge in [0.05, 0.1) is 12.3 Å². The first-order valence-corrected chi connectivity index (χ1v) is 6.80. The zero-order valence-electron chi connectivity index (χ0n) is 12.0. The molecule has 102 valence electrons. The van der Waals surface area contributed by atoms with E-state index in [9.17, 15) is 4.79 Å². The topological polar surface area (TPSA) is 32.7 Å². The van der Waals surface area contributed by atoms with Crippen LogP contribution in [-0.2, 0) is 4.79 Å². The molecule has 0 aliphatic heterocycles. The summed E-state index contributed by atoms with van der Waals surface area (Å²) < 4.78 is 0. The lowest BCUT2D eigenvalue weighted by Crippen LogP contribution is -2.39. The number of hydrogen-bond acceptors (Lipinski definition) is 3. The van der Waals surface area contributed by atoms with Crippen LogP contribution >= 0.6 is 0 Å². The minimum absolute atomic E-state index is 0.0938. The highest BCUT2D eigenvalue weighted by Crippen LogP contribution is 2.35. The molecule has 3 nitrogen and oxygen atoms in total. The Morgan fingerprint density at radius 3 is 2.63 bits per heavy atom. The first-order valence-electron chi connectivity index (χ1n) is 6.80. The van der Waals surface area contributed by atoms with Crippen molar-refractivity contribution < 1.29 is 4.79 Å². The van der Waals surface area contributed by atoms with Gasteiger partial charge in [0, 0.05) is 19.9 Å². The molecule has 2 rings (SSSR count). The van der Waals surface area contributed by atoms with E-state index >= 15 is 0 Å². The predicted octanol–water partition coefficient (Wildman–Crippen LogP) is 3.10. The molecule has 0 radical (unpaired) electrons. The summed E-state index contributed by atoms with van der Waals surface area (Å²) in [6, 6.07) is 10.2. The number of nitrogens with zero attached hydrogens (tertiary/aromatic N) is 2. The first-order chi connectivity index (χ1) is 8.96. The Bertz CT molecular complexity index is 465. The molecular formula is C16H22N2O. The fraction of sp³-hybridized carbons (Fsp3) is 0.500. The lowest BCUT2D eigenvalue weighted by atomic mass is 9.74. The number of rotatable bonds is 3. The monoisotopic (exact) mass is 258 g/mol. The molecule has 0 heterocycles. The van der Waals surface area contributed by atoms with Gasteiger partial charge in [0.2, 0.25) is 0 Å². The molecule has 1 aromatic rings. The minimum Gasteiger partial charge on any atom is -0.300 e.